The van der Waals surface area contributed by atoms with E-state index in [1.54, 1.807) is 0 Å². The first-order valence-electron chi connectivity index (χ1n) is 37.0. The molecule has 0 saturated carbocycles. The molecule has 0 aromatic carbocycles. The molecule has 19 heteroatoms. The number of hydrogen-bond acceptors (Lipinski definition) is 15. The van der Waals surface area contributed by atoms with Crippen LogP contribution in [0.25, 0.3) is 0 Å². The number of aliphatic hydroxyl groups is 1. The average Bonchev–Trinajstić information content (AvgIpc) is 3.67. The lowest BCUT2D eigenvalue weighted by molar-refractivity contribution is -0.161. The predicted octanol–water partition coefficient (Wildman–Crippen LogP) is 20.4. The van der Waals surface area contributed by atoms with Crippen LogP contribution in [0.1, 0.15) is 363 Å². The quantitative estimate of drug-likeness (QED) is 0.0222. The van der Waals surface area contributed by atoms with Crippen molar-refractivity contribution in [3.05, 3.63) is 0 Å². The van der Waals surface area contributed by atoms with Crippen molar-refractivity contribution >= 4 is 39.5 Å². The Morgan fingerprint density at radius 1 is 0.300 bits per heavy atom. The molecule has 0 fully saturated rings. The Morgan fingerprint density at radius 3 is 0.756 bits per heavy atom. The summed E-state index contributed by atoms with van der Waals surface area (Å²) in [6.45, 7) is 9.45. The third-order valence-electron chi connectivity index (χ3n) is 16.5. The number of ether oxygens (including phenoxy) is 4. The SMILES string of the molecule is CCCCCCCCCCCCCCCCCCC(=O)O[C@H](COC(=O)CCCCCCCCCCCCCCC)COP(=O)(O)OC[C@@H](O)COP(=O)(O)OC[C@@H](COC(=O)CCCCCCCCC(C)C)OC(=O)CCCCCCCCCCCC(C)C. The van der Waals surface area contributed by atoms with Crippen LogP contribution in [0.2, 0.25) is 0 Å². The van der Waals surface area contributed by atoms with Crippen molar-refractivity contribution in [3.63, 3.8) is 0 Å². The molecule has 0 aromatic rings. The van der Waals surface area contributed by atoms with E-state index in [0.717, 1.165) is 102 Å². The zero-order chi connectivity index (χ0) is 66.5. The molecule has 5 atom stereocenters. The van der Waals surface area contributed by atoms with Crippen LogP contribution in [0.4, 0.5) is 0 Å². The Morgan fingerprint density at radius 2 is 0.511 bits per heavy atom. The van der Waals surface area contributed by atoms with Crippen LogP contribution < -0.4 is 0 Å². The summed E-state index contributed by atoms with van der Waals surface area (Å²) >= 11 is 0. The van der Waals surface area contributed by atoms with Gasteiger partial charge < -0.3 is 33.8 Å². The van der Waals surface area contributed by atoms with Gasteiger partial charge in [-0.15, -0.1) is 0 Å². The van der Waals surface area contributed by atoms with Gasteiger partial charge in [0.25, 0.3) is 0 Å². The van der Waals surface area contributed by atoms with E-state index in [4.69, 9.17) is 37.0 Å². The monoisotopic (exact) mass is 1320 g/mol. The molecule has 2 unspecified atom stereocenters. The molecular formula is C71H138O17P2. The first-order chi connectivity index (χ1) is 43.4. The van der Waals surface area contributed by atoms with Gasteiger partial charge >= 0.3 is 39.5 Å². The molecule has 0 saturated heterocycles. The number of esters is 4. The predicted molar refractivity (Wildman–Crippen MR) is 363 cm³/mol. The van der Waals surface area contributed by atoms with Crippen LogP contribution in [-0.4, -0.2) is 96.7 Å². The first-order valence-corrected chi connectivity index (χ1v) is 40.0. The highest BCUT2D eigenvalue weighted by Crippen LogP contribution is 2.45. The highest BCUT2D eigenvalue weighted by atomic mass is 31.2. The number of carbonyl (C=O) groups excluding carboxylic acids is 4. The van der Waals surface area contributed by atoms with Gasteiger partial charge in [0, 0.05) is 25.7 Å². The molecule has 0 radical (unpaired) electrons. The lowest BCUT2D eigenvalue weighted by Gasteiger charge is -2.21. The minimum Gasteiger partial charge on any atom is -0.462 e. The fourth-order valence-electron chi connectivity index (χ4n) is 10.8. The molecule has 0 heterocycles. The molecule has 0 aliphatic rings. The van der Waals surface area contributed by atoms with Crippen molar-refractivity contribution in [3.8, 4) is 0 Å². The Kier molecular flexibility index (Phi) is 61.8. The van der Waals surface area contributed by atoms with Gasteiger partial charge in [0.15, 0.2) is 12.2 Å². The van der Waals surface area contributed by atoms with E-state index in [0.29, 0.717) is 31.6 Å². The summed E-state index contributed by atoms with van der Waals surface area (Å²) in [5.41, 5.74) is 0. The Hall–Kier alpha value is -1.94. The van der Waals surface area contributed by atoms with Crippen LogP contribution in [0, 0.1) is 11.8 Å². The average molecular weight is 1330 g/mol. The molecule has 534 valence electrons. The maximum absolute atomic E-state index is 13.0. The van der Waals surface area contributed by atoms with Crippen molar-refractivity contribution in [1.82, 2.24) is 0 Å². The second kappa shape index (κ2) is 63.1. The zero-order valence-corrected chi connectivity index (χ0v) is 60.2. The van der Waals surface area contributed by atoms with Gasteiger partial charge in [-0.3, -0.25) is 37.3 Å². The molecule has 0 rings (SSSR count). The number of aliphatic hydroxyl groups excluding tert-OH is 1. The number of carbonyl (C=O) groups is 4. The van der Waals surface area contributed by atoms with Crippen LogP contribution in [0.3, 0.4) is 0 Å². The van der Waals surface area contributed by atoms with Gasteiger partial charge in [0.05, 0.1) is 26.4 Å². The topological polar surface area (TPSA) is 237 Å². The number of hydrogen-bond donors (Lipinski definition) is 3. The second-order valence-electron chi connectivity index (χ2n) is 26.6. The maximum Gasteiger partial charge on any atom is 0.472 e. The summed E-state index contributed by atoms with van der Waals surface area (Å²) in [5, 5.41) is 10.6. The third-order valence-corrected chi connectivity index (χ3v) is 18.4. The van der Waals surface area contributed by atoms with Gasteiger partial charge in [-0.2, -0.15) is 0 Å². The molecule has 3 N–H and O–H groups in total. The Bertz CT molecular complexity index is 1750. The van der Waals surface area contributed by atoms with Gasteiger partial charge in [0.2, 0.25) is 0 Å². The smallest absolute Gasteiger partial charge is 0.462 e. The highest BCUT2D eigenvalue weighted by molar-refractivity contribution is 7.47. The molecule has 0 amide bonds. The Labute approximate surface area is 549 Å². The normalized spacial score (nSPS) is 14.1. The fraction of sp³-hybridized carbons (Fsp3) is 0.944. The van der Waals surface area contributed by atoms with E-state index in [9.17, 15) is 43.2 Å². The molecule has 0 aliphatic carbocycles. The van der Waals surface area contributed by atoms with E-state index >= 15 is 0 Å². The van der Waals surface area contributed by atoms with Crippen LogP contribution in [-0.2, 0) is 65.4 Å². The Balaban J connectivity index is 5.24. The summed E-state index contributed by atoms with van der Waals surface area (Å²) in [7, 11) is -9.90. The number of phosphoric acid groups is 2. The van der Waals surface area contributed by atoms with Crippen LogP contribution in [0.15, 0.2) is 0 Å². The molecular weight excluding hydrogens is 1190 g/mol. The van der Waals surface area contributed by atoms with Gasteiger partial charge in [-0.1, -0.05) is 311 Å². The number of phosphoric ester groups is 2. The standard InChI is InChI=1S/C71H138O17P2/c1-7-9-11-13-15-17-19-21-22-23-25-27-31-35-43-49-55-70(75)87-66(59-81-68(73)53-47-41-34-30-26-24-20-18-16-14-12-10-8-2)61-85-89(77,78)83-57-65(72)58-84-90(79,80)86-62-67(60-82-69(74)54-48-42-38-37-40-46-52-64(5)6)88-71(76)56-50-44-36-32-28-29-33-39-45-51-63(3)4/h63-67,72H,7-62H2,1-6H3,(H,77,78)(H,79,80)/t65-,66-,67-/m1/s1. The van der Waals surface area contributed by atoms with Crippen molar-refractivity contribution in [2.75, 3.05) is 39.6 Å². The lowest BCUT2D eigenvalue weighted by Crippen LogP contribution is -2.30. The minimum atomic E-state index is -4.95. The lowest BCUT2D eigenvalue weighted by atomic mass is 10.0. The molecule has 90 heavy (non-hydrogen) atoms. The number of rotatable bonds is 70. The largest absolute Gasteiger partial charge is 0.472 e. The van der Waals surface area contributed by atoms with Gasteiger partial charge in [-0.25, -0.2) is 9.13 Å². The summed E-state index contributed by atoms with van der Waals surface area (Å²) in [6.07, 6.45) is 48.7. The molecule has 0 spiro atoms. The summed E-state index contributed by atoms with van der Waals surface area (Å²) in [4.78, 5) is 72.5. The molecule has 0 aromatic heterocycles. The van der Waals surface area contributed by atoms with Crippen LogP contribution in [0.5, 0.6) is 0 Å². The third kappa shape index (κ3) is 64.8. The number of unbranched alkanes of at least 4 members (excludes halogenated alkanes) is 40. The molecule has 17 nitrogen and oxygen atoms in total. The zero-order valence-electron chi connectivity index (χ0n) is 58.4. The van der Waals surface area contributed by atoms with Crippen molar-refractivity contribution < 1.29 is 80.2 Å². The van der Waals surface area contributed by atoms with E-state index in [2.05, 4.69) is 41.5 Å². The summed E-state index contributed by atoms with van der Waals surface area (Å²) in [5.74, 6) is -0.708. The molecule has 0 bridgehead atoms. The first kappa shape index (κ1) is 88.1. The van der Waals surface area contributed by atoms with Crippen molar-refractivity contribution in [2.45, 2.75) is 381 Å². The van der Waals surface area contributed by atoms with E-state index < -0.39 is 97.5 Å². The van der Waals surface area contributed by atoms with Crippen molar-refractivity contribution in [1.29, 1.82) is 0 Å². The van der Waals surface area contributed by atoms with Crippen LogP contribution >= 0.6 is 15.6 Å². The minimum absolute atomic E-state index is 0.104. The second-order valence-corrected chi connectivity index (χ2v) is 29.5. The maximum atomic E-state index is 13.0. The van der Waals surface area contributed by atoms with Gasteiger partial charge in [-0.05, 0) is 37.5 Å². The van der Waals surface area contributed by atoms with E-state index in [1.807, 2.05) is 0 Å². The van der Waals surface area contributed by atoms with Gasteiger partial charge in [0.1, 0.15) is 19.3 Å². The van der Waals surface area contributed by atoms with Crippen molar-refractivity contribution in [2.24, 2.45) is 11.8 Å². The highest BCUT2D eigenvalue weighted by Gasteiger charge is 2.30. The summed E-state index contributed by atoms with van der Waals surface area (Å²) < 4.78 is 68.3. The fourth-order valence-corrected chi connectivity index (χ4v) is 12.3. The van der Waals surface area contributed by atoms with E-state index in [1.165, 1.54) is 173 Å². The molecule has 0 aliphatic heterocycles. The summed E-state index contributed by atoms with van der Waals surface area (Å²) in [6, 6.07) is 0. The van der Waals surface area contributed by atoms with E-state index in [-0.39, 0.29) is 25.7 Å².